The fourth-order valence-electron chi connectivity index (χ4n) is 2.45. The molecule has 0 saturated carbocycles. The quantitative estimate of drug-likeness (QED) is 0.364. The average molecular weight is 446 g/mol. The third-order valence-corrected chi connectivity index (χ3v) is 5.49. The predicted molar refractivity (Wildman–Crippen MR) is 100 cm³/mol. The molecule has 0 heterocycles. The van der Waals surface area contributed by atoms with E-state index in [-0.39, 0.29) is 0 Å². The van der Waals surface area contributed by atoms with Crippen molar-refractivity contribution in [3.05, 3.63) is 64.2 Å². The molecule has 162 valence electrons. The summed E-state index contributed by atoms with van der Waals surface area (Å²) in [6.45, 7) is 2.10. The summed E-state index contributed by atoms with van der Waals surface area (Å²) in [5.74, 6) is -1.00. The van der Waals surface area contributed by atoms with Crippen molar-refractivity contribution in [3.63, 3.8) is 0 Å². The van der Waals surface area contributed by atoms with Crippen LogP contribution in [0.3, 0.4) is 0 Å². The number of nitro groups is 1. The zero-order valence-corrected chi connectivity index (χ0v) is 16.6. The molecule has 0 amide bonds. The second-order valence-electron chi connectivity index (χ2n) is 6.35. The highest BCUT2D eigenvalue weighted by Gasteiger charge is 2.34. The Balaban J connectivity index is 2.60. The number of sulfonamides is 1. The van der Waals surface area contributed by atoms with Crippen LogP contribution in [0.4, 0.5) is 24.5 Å². The van der Waals surface area contributed by atoms with Crippen LogP contribution in [0.5, 0.6) is 0 Å². The molecule has 0 aromatic heterocycles. The summed E-state index contributed by atoms with van der Waals surface area (Å²) >= 11 is 0. The van der Waals surface area contributed by atoms with Crippen molar-refractivity contribution < 1.29 is 36.0 Å². The number of rotatable bonds is 7. The summed E-state index contributed by atoms with van der Waals surface area (Å²) in [5, 5.41) is 11.0. The summed E-state index contributed by atoms with van der Waals surface area (Å²) < 4.78 is 70.8. The van der Waals surface area contributed by atoms with Gasteiger partial charge in [0.2, 0.25) is 0 Å². The Bertz CT molecular complexity index is 1050. The van der Waals surface area contributed by atoms with Crippen molar-refractivity contribution in [2.24, 2.45) is 0 Å². The highest BCUT2D eigenvalue weighted by molar-refractivity contribution is 7.92. The van der Waals surface area contributed by atoms with Gasteiger partial charge in [0.25, 0.3) is 15.7 Å². The first kappa shape index (κ1) is 23.1. The van der Waals surface area contributed by atoms with Crippen LogP contribution in [0.2, 0.25) is 0 Å². The molecular weight excluding hydrogens is 429 g/mol. The van der Waals surface area contributed by atoms with Gasteiger partial charge in [-0.05, 0) is 38.1 Å². The normalized spacial score (nSPS) is 11.9. The highest BCUT2D eigenvalue weighted by Crippen LogP contribution is 2.33. The number of nitrogens with zero attached hydrogens (tertiary/aromatic N) is 2. The fourth-order valence-corrected chi connectivity index (χ4v) is 3.90. The van der Waals surface area contributed by atoms with Crippen LogP contribution in [-0.2, 0) is 25.7 Å². The van der Waals surface area contributed by atoms with Gasteiger partial charge in [-0.2, -0.15) is 13.2 Å². The van der Waals surface area contributed by atoms with Gasteiger partial charge in [0.05, 0.1) is 27.2 Å². The third kappa shape index (κ3) is 5.47. The number of benzene rings is 2. The molecule has 8 nitrogen and oxygen atoms in total. The summed E-state index contributed by atoms with van der Waals surface area (Å²) in [5.41, 5.74) is -2.11. The minimum Gasteiger partial charge on any atom is -0.462 e. The van der Waals surface area contributed by atoms with E-state index in [0.717, 1.165) is 42.5 Å². The van der Waals surface area contributed by atoms with Gasteiger partial charge in [-0.1, -0.05) is 12.1 Å². The van der Waals surface area contributed by atoms with Gasteiger partial charge < -0.3 is 4.74 Å². The maximum Gasteiger partial charge on any atom is 0.416 e. The number of carbonyl (C=O) groups excluding carboxylic acids is 1. The number of anilines is 1. The molecule has 2 aromatic carbocycles. The van der Waals surface area contributed by atoms with E-state index in [9.17, 15) is 36.5 Å². The molecule has 2 rings (SSSR count). The molecule has 0 fully saturated rings. The SMILES string of the molecule is CC(C)OC(=O)CN(c1cccc(C(F)(F)F)c1)S(=O)(=O)c1cccc([N+](=O)[O-])c1. The zero-order valence-electron chi connectivity index (χ0n) is 15.8. The first-order valence-electron chi connectivity index (χ1n) is 8.46. The Labute approximate surface area is 170 Å². The molecule has 12 heteroatoms. The topological polar surface area (TPSA) is 107 Å². The maximum atomic E-state index is 13.1. The average Bonchev–Trinajstić information content (AvgIpc) is 2.65. The van der Waals surface area contributed by atoms with E-state index in [1.165, 1.54) is 13.8 Å². The van der Waals surface area contributed by atoms with Crippen LogP contribution in [-0.4, -0.2) is 32.0 Å². The number of non-ortho nitro benzene ring substituents is 1. The van der Waals surface area contributed by atoms with Crippen LogP contribution in [0.15, 0.2) is 53.4 Å². The van der Waals surface area contributed by atoms with Gasteiger partial charge in [-0.15, -0.1) is 0 Å². The standard InChI is InChI=1S/C18H17F3N2O6S/c1-12(2)29-17(24)11-22(14-6-3-5-13(9-14)18(19,20)21)30(27,28)16-8-4-7-15(10-16)23(25)26/h3-10,12H,11H2,1-2H3. The Morgan fingerprint density at radius 3 is 2.37 bits per heavy atom. The summed E-state index contributed by atoms with van der Waals surface area (Å²) in [4.78, 5) is 21.7. The number of ether oxygens (including phenoxy) is 1. The minimum absolute atomic E-state index is 0.423. The molecule has 0 aliphatic carbocycles. The molecule has 0 saturated heterocycles. The zero-order chi connectivity index (χ0) is 22.7. The first-order chi connectivity index (χ1) is 13.8. The minimum atomic E-state index is -4.75. The van der Waals surface area contributed by atoms with Gasteiger partial charge in [-0.3, -0.25) is 19.2 Å². The Morgan fingerprint density at radius 1 is 1.17 bits per heavy atom. The Hall–Kier alpha value is -3.15. The van der Waals surface area contributed by atoms with E-state index < -0.39 is 61.6 Å². The smallest absolute Gasteiger partial charge is 0.416 e. The lowest BCUT2D eigenvalue weighted by Gasteiger charge is -2.24. The van der Waals surface area contributed by atoms with Crippen LogP contribution in [0, 0.1) is 10.1 Å². The van der Waals surface area contributed by atoms with Gasteiger partial charge in [0.1, 0.15) is 6.54 Å². The molecule has 0 aliphatic rings. The summed E-state index contributed by atoms with van der Waals surface area (Å²) in [6.07, 6.45) is -5.35. The van der Waals surface area contributed by atoms with Gasteiger partial charge in [0, 0.05) is 12.1 Å². The van der Waals surface area contributed by atoms with E-state index in [1.807, 2.05) is 0 Å². The molecule has 0 unspecified atom stereocenters. The molecular formula is C18H17F3N2O6S. The molecule has 0 bridgehead atoms. The number of carbonyl (C=O) groups is 1. The van der Waals surface area contributed by atoms with Crippen molar-refractivity contribution in [1.82, 2.24) is 0 Å². The van der Waals surface area contributed by atoms with Crippen molar-refractivity contribution in [1.29, 1.82) is 0 Å². The van der Waals surface area contributed by atoms with E-state index in [0.29, 0.717) is 10.4 Å². The Morgan fingerprint density at radius 2 is 1.80 bits per heavy atom. The Kier molecular flexibility index (Phi) is 6.70. The second kappa shape index (κ2) is 8.69. The number of hydrogen-bond acceptors (Lipinski definition) is 6. The molecule has 0 radical (unpaired) electrons. The van der Waals surface area contributed by atoms with Crippen LogP contribution in [0.1, 0.15) is 19.4 Å². The molecule has 0 atom stereocenters. The van der Waals surface area contributed by atoms with Crippen molar-refractivity contribution >= 4 is 27.4 Å². The highest BCUT2D eigenvalue weighted by atomic mass is 32.2. The van der Waals surface area contributed by atoms with Crippen molar-refractivity contribution in [2.45, 2.75) is 31.0 Å². The molecule has 30 heavy (non-hydrogen) atoms. The van der Waals surface area contributed by atoms with E-state index in [2.05, 4.69) is 0 Å². The number of nitro benzene ring substituents is 1. The lowest BCUT2D eigenvalue weighted by atomic mass is 10.2. The largest absolute Gasteiger partial charge is 0.462 e. The van der Waals surface area contributed by atoms with Gasteiger partial charge in [0.15, 0.2) is 0 Å². The monoisotopic (exact) mass is 446 g/mol. The molecule has 2 aromatic rings. The van der Waals surface area contributed by atoms with Gasteiger partial charge in [-0.25, -0.2) is 8.42 Å². The lowest BCUT2D eigenvalue weighted by molar-refractivity contribution is -0.385. The first-order valence-corrected chi connectivity index (χ1v) is 9.90. The van der Waals surface area contributed by atoms with E-state index in [4.69, 9.17) is 4.74 Å². The molecule has 0 spiro atoms. The van der Waals surface area contributed by atoms with Crippen molar-refractivity contribution in [2.75, 3.05) is 10.8 Å². The van der Waals surface area contributed by atoms with Crippen LogP contribution >= 0.6 is 0 Å². The van der Waals surface area contributed by atoms with Crippen LogP contribution < -0.4 is 4.31 Å². The fraction of sp³-hybridized carbons (Fsp3) is 0.278. The third-order valence-electron chi connectivity index (χ3n) is 3.72. The predicted octanol–water partition coefficient (Wildman–Crippen LogP) is 3.76. The number of esters is 1. The maximum absolute atomic E-state index is 13.1. The van der Waals surface area contributed by atoms with E-state index >= 15 is 0 Å². The van der Waals surface area contributed by atoms with E-state index in [1.54, 1.807) is 0 Å². The van der Waals surface area contributed by atoms with Gasteiger partial charge >= 0.3 is 12.1 Å². The summed E-state index contributed by atoms with van der Waals surface area (Å²) in [6, 6.07) is 7.34. The number of hydrogen-bond donors (Lipinski definition) is 0. The summed E-state index contributed by atoms with van der Waals surface area (Å²) in [7, 11) is -4.64. The molecule has 0 N–H and O–H groups in total. The molecule has 0 aliphatic heterocycles. The van der Waals surface area contributed by atoms with Crippen molar-refractivity contribution in [3.8, 4) is 0 Å². The van der Waals surface area contributed by atoms with Crippen LogP contribution in [0.25, 0.3) is 0 Å². The number of halogens is 3. The lowest BCUT2D eigenvalue weighted by Crippen LogP contribution is -2.37. The second-order valence-corrected chi connectivity index (χ2v) is 8.22. The number of alkyl halides is 3.